The molecule has 0 unspecified atom stereocenters. The van der Waals surface area contributed by atoms with Gasteiger partial charge in [-0.15, -0.1) is 0 Å². The van der Waals surface area contributed by atoms with Crippen molar-refractivity contribution in [3.63, 3.8) is 0 Å². The van der Waals surface area contributed by atoms with Gasteiger partial charge in [0, 0.05) is 5.56 Å². The summed E-state index contributed by atoms with van der Waals surface area (Å²) < 4.78 is 0. The summed E-state index contributed by atoms with van der Waals surface area (Å²) >= 11 is 0. The Kier molecular flexibility index (Phi) is 2.73. The van der Waals surface area contributed by atoms with E-state index in [-0.39, 0.29) is 11.5 Å². The molecule has 17 heavy (non-hydrogen) atoms. The highest BCUT2D eigenvalue weighted by molar-refractivity contribution is 5.83. The molecular weight excluding hydrogens is 220 g/mol. The van der Waals surface area contributed by atoms with Gasteiger partial charge in [-0.2, -0.15) is 0 Å². The first-order valence-electron chi connectivity index (χ1n) is 5.74. The van der Waals surface area contributed by atoms with Gasteiger partial charge >= 0.3 is 5.97 Å². The topological polar surface area (TPSA) is 77.8 Å². The standard InChI is InChI=1S/C13H16O4/c1-8-4-5-9(11(15)10(8)14)13(12(16)17)6-2-3-7-13/h4-5,14-15H,2-3,6-7H2,1H3,(H,16,17). The Morgan fingerprint density at radius 2 is 1.76 bits per heavy atom. The van der Waals surface area contributed by atoms with Crippen molar-refractivity contribution in [3.8, 4) is 11.5 Å². The number of hydrogen-bond donors (Lipinski definition) is 3. The van der Waals surface area contributed by atoms with Gasteiger partial charge in [0.25, 0.3) is 0 Å². The molecule has 1 saturated carbocycles. The number of carbonyl (C=O) groups is 1. The van der Waals surface area contributed by atoms with E-state index in [1.807, 2.05) is 0 Å². The molecule has 1 aromatic rings. The van der Waals surface area contributed by atoms with Gasteiger partial charge in [-0.1, -0.05) is 25.0 Å². The van der Waals surface area contributed by atoms with Crippen LogP contribution in [0.25, 0.3) is 0 Å². The minimum Gasteiger partial charge on any atom is -0.504 e. The van der Waals surface area contributed by atoms with Gasteiger partial charge in [-0.3, -0.25) is 4.79 Å². The SMILES string of the molecule is Cc1ccc(C2(C(=O)O)CCCC2)c(O)c1O. The molecule has 0 heterocycles. The van der Waals surface area contributed by atoms with Gasteiger partial charge in [0.1, 0.15) is 0 Å². The second-order valence-corrected chi connectivity index (χ2v) is 4.72. The molecule has 0 radical (unpaired) electrons. The molecule has 4 heteroatoms. The van der Waals surface area contributed by atoms with E-state index in [1.165, 1.54) is 0 Å². The normalized spacial score (nSPS) is 18.2. The zero-order valence-electron chi connectivity index (χ0n) is 9.73. The summed E-state index contributed by atoms with van der Waals surface area (Å²) in [5, 5.41) is 29.0. The number of benzene rings is 1. The molecular formula is C13H16O4. The molecule has 0 saturated heterocycles. The molecule has 1 fully saturated rings. The molecule has 0 bridgehead atoms. The van der Waals surface area contributed by atoms with E-state index >= 15 is 0 Å². The summed E-state index contributed by atoms with van der Waals surface area (Å²) in [6.07, 6.45) is 2.69. The van der Waals surface area contributed by atoms with E-state index in [0.29, 0.717) is 24.0 Å². The number of aryl methyl sites for hydroxylation is 1. The predicted molar refractivity (Wildman–Crippen MR) is 62.3 cm³/mol. The van der Waals surface area contributed by atoms with E-state index in [9.17, 15) is 20.1 Å². The van der Waals surface area contributed by atoms with Crippen LogP contribution in [0.5, 0.6) is 11.5 Å². The van der Waals surface area contributed by atoms with Gasteiger partial charge in [0.2, 0.25) is 0 Å². The number of carboxylic acid groups (broad SMARTS) is 1. The number of aromatic hydroxyl groups is 2. The Morgan fingerprint density at radius 1 is 1.18 bits per heavy atom. The maximum atomic E-state index is 11.5. The summed E-state index contributed by atoms with van der Waals surface area (Å²) in [5.41, 5.74) is -0.148. The lowest BCUT2D eigenvalue weighted by atomic mass is 9.78. The van der Waals surface area contributed by atoms with Crippen LogP contribution in [0.2, 0.25) is 0 Å². The maximum Gasteiger partial charge on any atom is 0.314 e. The first-order chi connectivity index (χ1) is 7.99. The maximum absolute atomic E-state index is 11.5. The zero-order chi connectivity index (χ0) is 12.6. The van der Waals surface area contributed by atoms with Crippen molar-refractivity contribution in [2.24, 2.45) is 0 Å². The van der Waals surface area contributed by atoms with Crippen molar-refractivity contribution >= 4 is 5.97 Å². The monoisotopic (exact) mass is 236 g/mol. The van der Waals surface area contributed by atoms with Crippen molar-refractivity contribution in [1.82, 2.24) is 0 Å². The first-order valence-corrected chi connectivity index (χ1v) is 5.74. The van der Waals surface area contributed by atoms with E-state index in [1.54, 1.807) is 19.1 Å². The fourth-order valence-corrected chi connectivity index (χ4v) is 2.64. The second kappa shape index (κ2) is 3.95. The Balaban J connectivity index is 2.59. The van der Waals surface area contributed by atoms with Crippen molar-refractivity contribution < 1.29 is 20.1 Å². The fraction of sp³-hybridized carbons (Fsp3) is 0.462. The molecule has 4 nitrogen and oxygen atoms in total. The molecule has 0 atom stereocenters. The summed E-state index contributed by atoms with van der Waals surface area (Å²) in [5.74, 6) is -1.42. The van der Waals surface area contributed by atoms with Crippen molar-refractivity contribution in [2.75, 3.05) is 0 Å². The third-order valence-electron chi connectivity index (χ3n) is 3.74. The first kappa shape index (κ1) is 11.8. The smallest absolute Gasteiger partial charge is 0.314 e. The number of carboxylic acids is 1. The van der Waals surface area contributed by atoms with Gasteiger partial charge < -0.3 is 15.3 Å². The van der Waals surface area contributed by atoms with E-state index < -0.39 is 11.4 Å². The van der Waals surface area contributed by atoms with Crippen LogP contribution in [-0.2, 0) is 10.2 Å². The van der Waals surface area contributed by atoms with E-state index in [0.717, 1.165) is 12.8 Å². The third kappa shape index (κ3) is 1.64. The van der Waals surface area contributed by atoms with E-state index in [2.05, 4.69) is 0 Å². The minimum atomic E-state index is -1.03. The minimum absolute atomic E-state index is 0.213. The highest BCUT2D eigenvalue weighted by Crippen LogP contribution is 2.47. The third-order valence-corrected chi connectivity index (χ3v) is 3.74. The van der Waals surface area contributed by atoms with E-state index in [4.69, 9.17) is 0 Å². The van der Waals surface area contributed by atoms with Gasteiger partial charge in [0.05, 0.1) is 5.41 Å². The molecule has 3 N–H and O–H groups in total. The van der Waals surface area contributed by atoms with Crippen LogP contribution in [-0.4, -0.2) is 21.3 Å². The average molecular weight is 236 g/mol. The largest absolute Gasteiger partial charge is 0.504 e. The molecule has 0 spiro atoms. The number of phenolic OH excluding ortho intramolecular Hbond substituents is 2. The average Bonchev–Trinajstić information content (AvgIpc) is 2.76. The molecule has 2 rings (SSSR count). The molecule has 0 aromatic heterocycles. The lowest BCUT2D eigenvalue weighted by Gasteiger charge is -2.25. The van der Waals surface area contributed by atoms with Crippen LogP contribution in [0.15, 0.2) is 12.1 Å². The lowest BCUT2D eigenvalue weighted by Crippen LogP contribution is -2.32. The Labute approximate surface area is 99.5 Å². The number of phenols is 2. The zero-order valence-corrected chi connectivity index (χ0v) is 9.73. The Bertz CT molecular complexity index is 459. The number of hydrogen-bond acceptors (Lipinski definition) is 3. The molecule has 0 aliphatic heterocycles. The summed E-state index contributed by atoms with van der Waals surface area (Å²) in [6, 6.07) is 3.26. The predicted octanol–water partition coefficient (Wildman–Crippen LogP) is 2.30. The van der Waals surface area contributed by atoms with Crippen LogP contribution in [0, 0.1) is 6.92 Å². The summed E-state index contributed by atoms with van der Waals surface area (Å²) in [4.78, 5) is 11.5. The number of aliphatic carboxylic acids is 1. The van der Waals surface area contributed by atoms with Crippen LogP contribution >= 0.6 is 0 Å². The second-order valence-electron chi connectivity index (χ2n) is 4.72. The lowest BCUT2D eigenvalue weighted by molar-refractivity contribution is -0.143. The van der Waals surface area contributed by atoms with Crippen LogP contribution in [0.1, 0.15) is 36.8 Å². The van der Waals surface area contributed by atoms with Crippen LogP contribution in [0.4, 0.5) is 0 Å². The molecule has 1 aliphatic carbocycles. The highest BCUT2D eigenvalue weighted by Gasteiger charge is 2.45. The number of rotatable bonds is 2. The quantitative estimate of drug-likeness (QED) is 0.688. The fourth-order valence-electron chi connectivity index (χ4n) is 2.64. The Hall–Kier alpha value is -1.71. The van der Waals surface area contributed by atoms with Crippen molar-refractivity contribution in [2.45, 2.75) is 38.0 Å². The van der Waals surface area contributed by atoms with Gasteiger partial charge in [0.15, 0.2) is 11.5 Å². The van der Waals surface area contributed by atoms with Gasteiger partial charge in [-0.25, -0.2) is 0 Å². The van der Waals surface area contributed by atoms with Gasteiger partial charge in [-0.05, 0) is 25.3 Å². The molecule has 1 aliphatic rings. The van der Waals surface area contributed by atoms with Crippen molar-refractivity contribution in [1.29, 1.82) is 0 Å². The highest BCUT2D eigenvalue weighted by atomic mass is 16.4. The molecule has 92 valence electrons. The van der Waals surface area contributed by atoms with Crippen molar-refractivity contribution in [3.05, 3.63) is 23.3 Å². The Morgan fingerprint density at radius 3 is 2.29 bits per heavy atom. The van der Waals surface area contributed by atoms with Crippen LogP contribution < -0.4 is 0 Å². The summed E-state index contributed by atoms with van der Waals surface area (Å²) in [7, 11) is 0. The summed E-state index contributed by atoms with van der Waals surface area (Å²) in [6.45, 7) is 1.67. The van der Waals surface area contributed by atoms with Crippen LogP contribution in [0.3, 0.4) is 0 Å². The molecule has 1 aromatic carbocycles. The molecule has 0 amide bonds.